The first kappa shape index (κ1) is 51.0. The number of imide groups is 2. The number of likely N-dealkylation sites (N-methyl/N-ethyl adjacent to an activating group) is 1. The second-order valence-corrected chi connectivity index (χ2v) is 19.9. The Kier molecular flexibility index (Phi) is 15.7. The molecule has 0 bridgehead atoms. The minimum Gasteiger partial charge on any atom is -0.491 e. The van der Waals surface area contributed by atoms with E-state index in [0.717, 1.165) is 47.2 Å². The molecule has 1 N–H and O–H groups in total. The average Bonchev–Trinajstić information content (AvgIpc) is 3.85. The van der Waals surface area contributed by atoms with E-state index in [1.807, 2.05) is 20.8 Å². The van der Waals surface area contributed by atoms with Gasteiger partial charge in [-0.05, 0) is 76.7 Å². The van der Waals surface area contributed by atoms with E-state index in [1.165, 1.54) is 22.9 Å². The van der Waals surface area contributed by atoms with Crippen molar-refractivity contribution in [2.75, 3.05) is 95.8 Å². The molecule has 5 aliphatic rings. The average molecular weight is 1000 g/mol. The summed E-state index contributed by atoms with van der Waals surface area (Å²) in [5, 5.41) is 14.4. The summed E-state index contributed by atoms with van der Waals surface area (Å²) in [6.45, 7) is 11.2. The fourth-order valence-corrected chi connectivity index (χ4v) is 10.2. The molecule has 3 aromatic carbocycles. The molecule has 0 aliphatic carbocycles. The van der Waals surface area contributed by atoms with Crippen LogP contribution in [0.5, 0.6) is 11.8 Å². The molecular formula is C53H63N9O11. The van der Waals surface area contributed by atoms with Crippen LogP contribution in [-0.4, -0.2) is 170 Å². The van der Waals surface area contributed by atoms with Crippen LogP contribution in [0, 0.1) is 11.3 Å². The summed E-state index contributed by atoms with van der Waals surface area (Å²) in [7, 11) is 2.05. The first-order chi connectivity index (χ1) is 35.2. The highest BCUT2D eigenvalue weighted by molar-refractivity contribution is 6.23. The Bertz CT molecular complexity index is 2760. The molecule has 6 heterocycles. The lowest BCUT2D eigenvalue weighted by Crippen LogP contribution is -2.56. The van der Waals surface area contributed by atoms with E-state index < -0.39 is 41.4 Å². The number of aromatic nitrogens is 2. The molecule has 4 aromatic rings. The summed E-state index contributed by atoms with van der Waals surface area (Å²) in [5.41, 5.74) is 2.75. The second-order valence-electron chi connectivity index (χ2n) is 19.9. The lowest BCUT2D eigenvalue weighted by Gasteiger charge is -2.42. The molecule has 3 fully saturated rings. The van der Waals surface area contributed by atoms with Gasteiger partial charge in [-0.2, -0.15) is 15.2 Å². The SMILES string of the molecule is CN1C[C@H](OCCOCCOCCOc2ccc3c(c2)C(=O)N(C2CCC(=O)NC2=O)C3=O)C[C@H]1COc1nc2c(c(N3CCN(C(=O)OC(C)(C)C)[C@@H](CC#N)C3)n1)CCN(c1cccc3ccccc13)C2. The molecule has 20 heteroatoms. The van der Waals surface area contributed by atoms with Gasteiger partial charge in [0.05, 0.1) is 81.0 Å². The molecule has 1 unspecified atom stereocenters. The van der Waals surface area contributed by atoms with Gasteiger partial charge in [0.2, 0.25) is 11.8 Å². The highest BCUT2D eigenvalue weighted by Gasteiger charge is 2.45. The van der Waals surface area contributed by atoms with Crippen LogP contribution < -0.4 is 24.6 Å². The van der Waals surface area contributed by atoms with Crippen LogP contribution >= 0.6 is 0 Å². The van der Waals surface area contributed by atoms with E-state index in [2.05, 4.69) is 75.6 Å². The van der Waals surface area contributed by atoms with Gasteiger partial charge in [-0.1, -0.05) is 36.4 Å². The normalized spacial score (nSPS) is 21.3. The first-order valence-corrected chi connectivity index (χ1v) is 25.1. The standard InChI is InChI=1S/C53H63N9O11/c1-53(2,3)73-52(67)61-21-20-60(30-35(61)16-18-54)47-41-17-19-59(44-11-7-9-34-8-5-6-10-39(34)44)32-43(41)55-51(57-47)72-33-36-28-38(31-58(36)4)71-27-25-69-23-22-68-24-26-70-37-12-13-40-42(29-37)50(66)62(49(40)65)45-14-15-46(63)56-48(45)64/h5-13,29,35-36,38,45H,14-17,19-28,30-33H2,1-4H3,(H,56,63,64)/t35-,36-,38+,45?/m0/s1. The van der Waals surface area contributed by atoms with Gasteiger partial charge >= 0.3 is 12.1 Å². The van der Waals surface area contributed by atoms with E-state index >= 15 is 0 Å². The molecule has 1 aromatic heterocycles. The lowest BCUT2D eigenvalue weighted by molar-refractivity contribution is -0.136. The van der Waals surface area contributed by atoms with Crippen LogP contribution in [-0.2, 0) is 41.5 Å². The van der Waals surface area contributed by atoms with Crippen LogP contribution in [0.4, 0.5) is 16.3 Å². The number of piperazine rings is 1. The summed E-state index contributed by atoms with van der Waals surface area (Å²) in [6, 6.07) is 20.6. The zero-order chi connectivity index (χ0) is 51.2. The number of likely N-dealkylation sites (tertiary alicyclic amines) is 1. The fourth-order valence-electron chi connectivity index (χ4n) is 10.2. The van der Waals surface area contributed by atoms with E-state index in [1.54, 1.807) is 11.0 Å². The van der Waals surface area contributed by atoms with Gasteiger partial charge < -0.3 is 43.1 Å². The molecule has 73 heavy (non-hydrogen) atoms. The minimum atomic E-state index is -1.03. The fraction of sp³-hybridized carbons (Fsp3) is 0.509. The molecule has 4 atom stereocenters. The van der Waals surface area contributed by atoms with Gasteiger partial charge in [-0.15, -0.1) is 0 Å². The summed E-state index contributed by atoms with van der Waals surface area (Å²) in [5.74, 6) is -1.09. The number of hydrogen-bond acceptors (Lipinski definition) is 17. The lowest BCUT2D eigenvalue weighted by atomic mass is 10.0. The Hall–Kier alpha value is -6.92. The maximum atomic E-state index is 13.3. The van der Waals surface area contributed by atoms with Crippen molar-refractivity contribution in [1.29, 1.82) is 5.26 Å². The van der Waals surface area contributed by atoms with Gasteiger partial charge in [0, 0.05) is 61.8 Å². The maximum Gasteiger partial charge on any atom is 0.410 e. The number of anilines is 2. The van der Waals surface area contributed by atoms with Crippen LogP contribution in [0.25, 0.3) is 10.8 Å². The highest BCUT2D eigenvalue weighted by Crippen LogP contribution is 2.36. The summed E-state index contributed by atoms with van der Waals surface area (Å²) in [4.78, 5) is 82.8. The molecule has 3 saturated heterocycles. The number of rotatable bonds is 18. The van der Waals surface area contributed by atoms with Crippen molar-refractivity contribution in [3.8, 4) is 17.8 Å². The zero-order valence-electron chi connectivity index (χ0n) is 41.9. The Labute approximate surface area is 424 Å². The number of nitrogens with zero attached hydrogens (tertiary/aromatic N) is 8. The van der Waals surface area contributed by atoms with Crippen molar-refractivity contribution in [3.05, 3.63) is 83.0 Å². The predicted octanol–water partition coefficient (Wildman–Crippen LogP) is 4.51. The van der Waals surface area contributed by atoms with Crippen LogP contribution in [0.2, 0.25) is 0 Å². The van der Waals surface area contributed by atoms with Gasteiger partial charge in [0.1, 0.15) is 36.4 Å². The third-order valence-electron chi connectivity index (χ3n) is 13.8. The van der Waals surface area contributed by atoms with Crippen molar-refractivity contribution >= 4 is 52.0 Å². The molecule has 0 spiro atoms. The van der Waals surface area contributed by atoms with Crippen LogP contribution in [0.3, 0.4) is 0 Å². The first-order valence-electron chi connectivity index (χ1n) is 25.1. The minimum absolute atomic E-state index is 0.0173. The van der Waals surface area contributed by atoms with E-state index in [4.69, 9.17) is 38.4 Å². The number of ether oxygens (including phenoxy) is 6. The number of carbonyl (C=O) groups is 5. The van der Waals surface area contributed by atoms with Gasteiger partial charge in [-0.3, -0.25) is 34.3 Å². The molecule has 386 valence electrons. The van der Waals surface area contributed by atoms with Crippen molar-refractivity contribution in [3.63, 3.8) is 0 Å². The Morgan fingerprint density at radius 3 is 2.38 bits per heavy atom. The zero-order valence-corrected chi connectivity index (χ0v) is 41.9. The largest absolute Gasteiger partial charge is 0.491 e. The molecule has 9 rings (SSSR count). The molecule has 0 saturated carbocycles. The van der Waals surface area contributed by atoms with Crippen LogP contribution in [0.1, 0.15) is 78.4 Å². The number of fused-ring (bicyclic) bond motifs is 3. The smallest absolute Gasteiger partial charge is 0.410 e. The number of nitrogens with one attached hydrogen (secondary N) is 1. The van der Waals surface area contributed by atoms with Gasteiger partial charge in [0.25, 0.3) is 11.8 Å². The summed E-state index contributed by atoms with van der Waals surface area (Å²) < 4.78 is 35.6. The topological polar surface area (TPSA) is 219 Å². The van der Waals surface area contributed by atoms with Crippen molar-refractivity contribution in [2.45, 2.75) is 89.3 Å². The Morgan fingerprint density at radius 1 is 0.822 bits per heavy atom. The molecule has 5 aliphatic heterocycles. The third kappa shape index (κ3) is 11.8. The van der Waals surface area contributed by atoms with Gasteiger partial charge in [0.15, 0.2) is 0 Å². The predicted molar refractivity (Wildman–Crippen MR) is 266 cm³/mol. The maximum absolute atomic E-state index is 13.3. The molecule has 0 radical (unpaired) electrons. The second kappa shape index (κ2) is 22.5. The van der Waals surface area contributed by atoms with Gasteiger partial charge in [-0.25, -0.2) is 4.79 Å². The highest BCUT2D eigenvalue weighted by atomic mass is 16.6. The number of carbonyl (C=O) groups excluding carboxylic acids is 5. The quantitative estimate of drug-likeness (QED) is 0.107. The van der Waals surface area contributed by atoms with E-state index in [-0.39, 0.29) is 67.8 Å². The number of piperidine rings is 1. The third-order valence-corrected chi connectivity index (χ3v) is 13.8. The summed E-state index contributed by atoms with van der Waals surface area (Å²) >= 11 is 0. The van der Waals surface area contributed by atoms with E-state index in [0.29, 0.717) is 71.4 Å². The van der Waals surface area contributed by atoms with Crippen molar-refractivity contribution < 1.29 is 52.4 Å². The molecule has 20 nitrogen and oxygen atoms in total. The van der Waals surface area contributed by atoms with Crippen molar-refractivity contribution in [2.24, 2.45) is 0 Å². The number of benzene rings is 3. The van der Waals surface area contributed by atoms with E-state index in [9.17, 15) is 29.2 Å². The van der Waals surface area contributed by atoms with Crippen molar-refractivity contribution in [1.82, 2.24) is 30.0 Å². The summed E-state index contributed by atoms with van der Waals surface area (Å²) in [6.07, 6.45) is 1.32. The molecular weight excluding hydrogens is 939 g/mol. The van der Waals surface area contributed by atoms with Crippen LogP contribution in [0.15, 0.2) is 60.7 Å². The Balaban J connectivity index is 0.738. The number of nitriles is 1. The number of amides is 5. The Morgan fingerprint density at radius 2 is 1.59 bits per heavy atom. The monoisotopic (exact) mass is 1000 g/mol. The number of hydrogen-bond donors (Lipinski definition) is 1. The molecule has 5 amide bonds.